The number of H-pyrrole nitrogens is 1. The van der Waals surface area contributed by atoms with Crippen molar-refractivity contribution in [3.05, 3.63) is 40.8 Å². The van der Waals surface area contributed by atoms with Crippen molar-refractivity contribution in [3.8, 4) is 0 Å². The Labute approximate surface area is 94.1 Å². The number of nitrogens with one attached hydrogen (secondary N) is 1. The Morgan fingerprint density at radius 1 is 1.33 bits per heavy atom. The van der Waals surface area contributed by atoms with E-state index in [9.17, 15) is 4.79 Å². The van der Waals surface area contributed by atoms with E-state index in [0.717, 1.165) is 5.39 Å². The molecule has 4 heteroatoms. The number of aromatic amines is 1. The van der Waals surface area contributed by atoms with Crippen molar-refractivity contribution < 1.29 is 32.7 Å². The van der Waals surface area contributed by atoms with Gasteiger partial charge in [0.2, 0.25) is 5.56 Å². The van der Waals surface area contributed by atoms with Crippen molar-refractivity contribution in [2.45, 2.75) is 0 Å². The third-order valence-corrected chi connectivity index (χ3v) is 1.51. The number of rotatable bonds is 0. The van der Waals surface area contributed by atoms with Crippen LogP contribution in [0.4, 0.5) is 0 Å². The summed E-state index contributed by atoms with van der Waals surface area (Å²) in [6.07, 6.45) is 2.69. The second-order valence-electron chi connectivity index (χ2n) is 2.21. The largest absolute Gasteiger partial charge is 0.283 e. The molecule has 0 atom stereocenters. The van der Waals surface area contributed by atoms with Crippen LogP contribution in [0, 0.1) is 6.20 Å². The maximum Gasteiger partial charge on any atom is 0.215 e. The number of fused-ring (bicyclic) bond motifs is 1. The average Bonchev–Trinajstić information content (AvgIpc) is 2.06. The molecule has 1 radical (unpaired) electrons. The fourth-order valence-corrected chi connectivity index (χ4v) is 0.978. The van der Waals surface area contributed by atoms with Gasteiger partial charge in [0.15, 0.2) is 0 Å². The standard InChI is InChI=1S/C8H5N2O.Y/c11-8-7-4-2-1-3-6(7)5-9-10-8;/h1-4H,(H,10,11);/q-1;. The summed E-state index contributed by atoms with van der Waals surface area (Å²) >= 11 is 0. The molecule has 0 spiro atoms. The molecule has 1 heterocycles. The maximum absolute atomic E-state index is 11.0. The number of hydrogen-bond acceptors (Lipinski definition) is 2. The third-order valence-electron chi connectivity index (χ3n) is 1.51. The first-order chi connectivity index (χ1) is 5.38. The maximum atomic E-state index is 11.0. The summed E-state index contributed by atoms with van der Waals surface area (Å²) < 4.78 is 0. The van der Waals surface area contributed by atoms with Gasteiger partial charge >= 0.3 is 0 Å². The zero-order valence-corrected chi connectivity index (χ0v) is 9.08. The van der Waals surface area contributed by atoms with Gasteiger partial charge in [-0.05, 0) is 6.20 Å². The summed E-state index contributed by atoms with van der Waals surface area (Å²) in [6, 6.07) is 7.20. The van der Waals surface area contributed by atoms with Gasteiger partial charge in [-0.15, -0.1) is 12.1 Å². The average molecular weight is 234 g/mol. The first-order valence-corrected chi connectivity index (χ1v) is 3.23. The molecule has 0 aliphatic carbocycles. The Kier molecular flexibility index (Phi) is 3.12. The van der Waals surface area contributed by atoms with E-state index in [4.69, 9.17) is 0 Å². The van der Waals surface area contributed by atoms with Crippen molar-refractivity contribution in [2.75, 3.05) is 0 Å². The Morgan fingerprint density at radius 3 is 2.83 bits per heavy atom. The van der Waals surface area contributed by atoms with E-state index in [1.54, 1.807) is 12.1 Å². The van der Waals surface area contributed by atoms with E-state index in [2.05, 4.69) is 16.4 Å². The molecule has 0 amide bonds. The quantitative estimate of drug-likeness (QED) is 0.682. The van der Waals surface area contributed by atoms with Gasteiger partial charge in [0, 0.05) is 32.7 Å². The molecule has 0 bridgehead atoms. The van der Waals surface area contributed by atoms with E-state index >= 15 is 0 Å². The fourth-order valence-electron chi connectivity index (χ4n) is 0.978. The van der Waals surface area contributed by atoms with Crippen LogP contribution in [-0.2, 0) is 32.7 Å². The SMILES string of the molecule is O=c1[nH]n[c-]c2ccccc12.[Y]. The van der Waals surface area contributed by atoms with Crippen LogP contribution in [0.15, 0.2) is 29.1 Å². The molecule has 57 valence electrons. The minimum Gasteiger partial charge on any atom is -0.283 e. The molecule has 0 unspecified atom stereocenters. The summed E-state index contributed by atoms with van der Waals surface area (Å²) in [4.78, 5) is 11.0. The van der Waals surface area contributed by atoms with Gasteiger partial charge < -0.3 is 0 Å². The van der Waals surface area contributed by atoms with Crippen LogP contribution in [0.3, 0.4) is 0 Å². The Bertz CT molecular complexity index is 433. The molecule has 3 nitrogen and oxygen atoms in total. The van der Waals surface area contributed by atoms with Gasteiger partial charge in [0.1, 0.15) is 0 Å². The molecule has 0 aliphatic rings. The number of nitrogens with zero attached hydrogens (tertiary/aromatic N) is 1. The second-order valence-corrected chi connectivity index (χ2v) is 2.21. The fraction of sp³-hybridized carbons (Fsp3) is 0. The van der Waals surface area contributed by atoms with Crippen LogP contribution in [0.1, 0.15) is 0 Å². The Morgan fingerprint density at radius 2 is 2.08 bits per heavy atom. The van der Waals surface area contributed by atoms with Gasteiger partial charge in [-0.25, -0.2) is 0 Å². The van der Waals surface area contributed by atoms with Crippen LogP contribution in [0.25, 0.3) is 10.8 Å². The zero-order valence-electron chi connectivity index (χ0n) is 6.24. The smallest absolute Gasteiger partial charge is 0.215 e. The molecule has 0 saturated carbocycles. The van der Waals surface area contributed by atoms with Gasteiger partial charge in [-0.2, -0.15) is 11.5 Å². The molecule has 0 aliphatic heterocycles. The minimum absolute atomic E-state index is 0. The summed E-state index contributed by atoms with van der Waals surface area (Å²) in [5.74, 6) is 0. The van der Waals surface area contributed by atoms with Gasteiger partial charge in [-0.1, -0.05) is 11.5 Å². The van der Waals surface area contributed by atoms with Gasteiger partial charge in [-0.3, -0.25) is 15.0 Å². The molecule has 2 aromatic rings. The van der Waals surface area contributed by atoms with Crippen LogP contribution in [0.5, 0.6) is 0 Å². The monoisotopic (exact) mass is 234 g/mol. The van der Waals surface area contributed by atoms with Gasteiger partial charge in [0.25, 0.3) is 0 Å². The molecule has 1 aromatic carbocycles. The molecule has 2 rings (SSSR count). The molecular formula is C8H5N2OY-. The Hall–Kier alpha value is -0.536. The first kappa shape index (κ1) is 9.55. The van der Waals surface area contributed by atoms with Crippen molar-refractivity contribution in [2.24, 2.45) is 0 Å². The molecule has 1 aromatic heterocycles. The van der Waals surface area contributed by atoms with E-state index in [0.29, 0.717) is 5.39 Å². The number of aromatic nitrogens is 2. The Balaban J connectivity index is 0.000000720. The molecular weight excluding hydrogens is 229 g/mol. The van der Waals surface area contributed by atoms with Crippen molar-refractivity contribution in [3.63, 3.8) is 0 Å². The summed E-state index contributed by atoms with van der Waals surface area (Å²) in [7, 11) is 0. The molecule has 0 fully saturated rings. The van der Waals surface area contributed by atoms with Crippen LogP contribution in [-0.4, -0.2) is 10.2 Å². The first-order valence-electron chi connectivity index (χ1n) is 3.23. The molecule has 0 saturated heterocycles. The van der Waals surface area contributed by atoms with E-state index in [-0.39, 0.29) is 38.3 Å². The molecule has 1 N–H and O–H groups in total. The van der Waals surface area contributed by atoms with E-state index in [1.165, 1.54) is 0 Å². The summed E-state index contributed by atoms with van der Waals surface area (Å²) in [6.45, 7) is 0. The summed E-state index contributed by atoms with van der Waals surface area (Å²) in [5.41, 5.74) is -0.167. The second kappa shape index (κ2) is 3.92. The normalized spacial score (nSPS) is 9.33. The molecule has 12 heavy (non-hydrogen) atoms. The topological polar surface area (TPSA) is 45.8 Å². The van der Waals surface area contributed by atoms with Crippen LogP contribution in [0.2, 0.25) is 0 Å². The van der Waals surface area contributed by atoms with Crippen molar-refractivity contribution in [1.82, 2.24) is 10.2 Å². The van der Waals surface area contributed by atoms with E-state index < -0.39 is 0 Å². The van der Waals surface area contributed by atoms with Crippen molar-refractivity contribution in [1.29, 1.82) is 0 Å². The summed E-state index contributed by atoms with van der Waals surface area (Å²) in [5, 5.41) is 7.24. The van der Waals surface area contributed by atoms with Crippen LogP contribution >= 0.6 is 0 Å². The predicted octanol–water partition coefficient (Wildman–Crippen LogP) is 0.721. The number of hydrogen-bond donors (Lipinski definition) is 1. The van der Waals surface area contributed by atoms with E-state index in [1.807, 2.05) is 12.1 Å². The zero-order chi connectivity index (χ0) is 7.68. The number of benzene rings is 1. The minimum atomic E-state index is -0.167. The third kappa shape index (κ3) is 1.62. The van der Waals surface area contributed by atoms with Gasteiger partial charge in [0.05, 0.1) is 0 Å². The van der Waals surface area contributed by atoms with Crippen molar-refractivity contribution >= 4 is 10.8 Å². The van der Waals surface area contributed by atoms with Crippen LogP contribution < -0.4 is 5.56 Å². The predicted molar refractivity (Wildman–Crippen MR) is 41.2 cm³/mol.